The highest BCUT2D eigenvalue weighted by Crippen LogP contribution is 2.22. The van der Waals surface area contributed by atoms with Crippen LogP contribution in [-0.2, 0) is 13.1 Å². The van der Waals surface area contributed by atoms with Crippen LogP contribution in [0.2, 0.25) is 10.2 Å². The molecule has 0 aliphatic carbocycles. The molecule has 0 radical (unpaired) electrons. The molecule has 0 amide bonds. The summed E-state index contributed by atoms with van der Waals surface area (Å²) in [6.07, 6.45) is 0.846. The zero-order valence-corrected chi connectivity index (χ0v) is 15.3. The van der Waals surface area contributed by atoms with Gasteiger partial charge in [-0.05, 0) is 36.8 Å². The average molecular weight is 380 g/mol. The molecule has 0 spiro atoms. The third-order valence-corrected chi connectivity index (χ3v) is 4.61. The first-order chi connectivity index (χ1) is 12.0. The predicted octanol–water partition coefficient (Wildman–Crippen LogP) is 3.96. The first-order valence-corrected chi connectivity index (χ1v) is 8.68. The van der Waals surface area contributed by atoms with Crippen LogP contribution >= 0.6 is 23.2 Å². The van der Waals surface area contributed by atoms with E-state index in [1.54, 1.807) is 23.1 Å². The van der Waals surface area contributed by atoms with Crippen LogP contribution in [0, 0.1) is 6.92 Å². The van der Waals surface area contributed by atoms with Gasteiger partial charge in [-0.3, -0.25) is 0 Å². The van der Waals surface area contributed by atoms with E-state index in [-0.39, 0.29) is 0 Å². The Hall–Kier alpha value is -1.79. The summed E-state index contributed by atoms with van der Waals surface area (Å²) in [6.45, 7) is 3.38. The first-order valence-electron chi connectivity index (χ1n) is 7.93. The molecule has 0 aliphatic heterocycles. The summed E-state index contributed by atoms with van der Waals surface area (Å²) in [5, 5.41) is 19.0. The molecule has 2 heterocycles. The van der Waals surface area contributed by atoms with Crippen molar-refractivity contribution in [3.63, 3.8) is 0 Å². The minimum absolute atomic E-state index is 0.367. The number of aryl methyl sites for hydroxylation is 1. The number of halogens is 2. The molecule has 0 fully saturated rings. The Labute approximate surface area is 156 Å². The molecule has 0 saturated heterocycles. The highest BCUT2D eigenvalue weighted by molar-refractivity contribution is 6.30. The fourth-order valence-corrected chi connectivity index (χ4v) is 3.00. The second-order valence-electron chi connectivity index (χ2n) is 5.80. The summed E-state index contributed by atoms with van der Waals surface area (Å²) in [5.41, 5.74) is 2.85. The van der Waals surface area contributed by atoms with Crippen molar-refractivity contribution in [3.8, 4) is 0 Å². The van der Waals surface area contributed by atoms with Crippen molar-refractivity contribution in [3.05, 3.63) is 75.4 Å². The van der Waals surface area contributed by atoms with Gasteiger partial charge >= 0.3 is 0 Å². The minimum Gasteiger partial charge on any atom is -0.467 e. The van der Waals surface area contributed by atoms with Gasteiger partial charge in [0.2, 0.25) is 0 Å². The number of rotatable bonds is 7. The van der Waals surface area contributed by atoms with Crippen molar-refractivity contribution in [2.24, 2.45) is 0 Å². The molecule has 0 bridgehead atoms. The molecule has 3 aromatic rings. The Kier molecular flexibility index (Phi) is 5.81. The quantitative estimate of drug-likeness (QED) is 0.651. The maximum absolute atomic E-state index is 10.0. The number of aromatic nitrogens is 2. The standard InChI is InChI=1S/C18H19Cl2N3O2/c1-12-15(9-21-10-16(24)17-3-2-8-25-17)18(20)23(22-12)11-13-4-6-14(19)7-5-13/h2-8,16,21,24H,9-11H2,1H3. The molecule has 1 atom stereocenters. The first kappa shape index (κ1) is 18.0. The number of aliphatic hydroxyl groups is 1. The molecule has 7 heteroatoms. The summed E-state index contributed by atoms with van der Waals surface area (Å²) in [7, 11) is 0. The van der Waals surface area contributed by atoms with Crippen molar-refractivity contribution in [1.82, 2.24) is 15.1 Å². The lowest BCUT2D eigenvalue weighted by molar-refractivity contribution is 0.147. The van der Waals surface area contributed by atoms with Gasteiger partial charge in [-0.25, -0.2) is 4.68 Å². The van der Waals surface area contributed by atoms with Crippen LogP contribution in [0.25, 0.3) is 0 Å². The van der Waals surface area contributed by atoms with Gasteiger partial charge in [0.05, 0.1) is 18.5 Å². The van der Waals surface area contributed by atoms with E-state index in [1.165, 1.54) is 0 Å². The lowest BCUT2D eigenvalue weighted by Gasteiger charge is -2.09. The van der Waals surface area contributed by atoms with E-state index in [0.717, 1.165) is 16.8 Å². The monoisotopic (exact) mass is 379 g/mol. The van der Waals surface area contributed by atoms with Crippen LogP contribution in [0.5, 0.6) is 0 Å². The summed E-state index contributed by atoms with van der Waals surface area (Å²) >= 11 is 12.4. The normalized spacial score (nSPS) is 12.5. The van der Waals surface area contributed by atoms with Gasteiger partial charge < -0.3 is 14.8 Å². The van der Waals surface area contributed by atoms with Crippen molar-refractivity contribution in [2.75, 3.05) is 6.54 Å². The van der Waals surface area contributed by atoms with Gasteiger partial charge in [-0.1, -0.05) is 35.3 Å². The summed E-state index contributed by atoms with van der Waals surface area (Å²) in [6, 6.07) is 11.1. The van der Waals surface area contributed by atoms with Crippen LogP contribution in [-0.4, -0.2) is 21.4 Å². The zero-order chi connectivity index (χ0) is 17.8. The second-order valence-corrected chi connectivity index (χ2v) is 6.60. The molecule has 0 aliphatic rings. The number of hydrogen-bond acceptors (Lipinski definition) is 4. The molecule has 25 heavy (non-hydrogen) atoms. The fourth-order valence-electron chi connectivity index (χ4n) is 2.57. The number of aliphatic hydroxyl groups excluding tert-OH is 1. The Morgan fingerprint density at radius 3 is 2.68 bits per heavy atom. The van der Waals surface area contributed by atoms with Crippen LogP contribution in [0.4, 0.5) is 0 Å². The Morgan fingerprint density at radius 1 is 1.24 bits per heavy atom. The summed E-state index contributed by atoms with van der Waals surface area (Å²) < 4.78 is 6.95. The lowest BCUT2D eigenvalue weighted by Crippen LogP contribution is -2.21. The number of benzene rings is 1. The number of nitrogens with one attached hydrogen (secondary N) is 1. The SMILES string of the molecule is Cc1nn(Cc2ccc(Cl)cc2)c(Cl)c1CNCC(O)c1ccco1. The van der Waals surface area contributed by atoms with E-state index in [4.69, 9.17) is 27.6 Å². The lowest BCUT2D eigenvalue weighted by atomic mass is 10.2. The molecule has 5 nitrogen and oxygen atoms in total. The smallest absolute Gasteiger partial charge is 0.133 e. The minimum atomic E-state index is -0.696. The maximum atomic E-state index is 10.0. The Bertz CT molecular complexity index is 814. The third kappa shape index (κ3) is 4.44. The van der Waals surface area contributed by atoms with Gasteiger partial charge in [0.1, 0.15) is 17.0 Å². The summed E-state index contributed by atoms with van der Waals surface area (Å²) in [4.78, 5) is 0. The zero-order valence-electron chi connectivity index (χ0n) is 13.7. The highest BCUT2D eigenvalue weighted by Gasteiger charge is 2.15. The predicted molar refractivity (Wildman–Crippen MR) is 97.9 cm³/mol. The summed E-state index contributed by atoms with van der Waals surface area (Å²) in [5.74, 6) is 0.536. The largest absolute Gasteiger partial charge is 0.467 e. The molecular weight excluding hydrogens is 361 g/mol. The second kappa shape index (κ2) is 8.06. The van der Waals surface area contributed by atoms with Gasteiger partial charge in [0, 0.05) is 23.7 Å². The van der Waals surface area contributed by atoms with Crippen molar-refractivity contribution in [2.45, 2.75) is 26.1 Å². The van der Waals surface area contributed by atoms with Crippen LogP contribution in [0.3, 0.4) is 0 Å². The third-order valence-electron chi connectivity index (χ3n) is 3.94. The van der Waals surface area contributed by atoms with Crippen LogP contribution < -0.4 is 5.32 Å². The van der Waals surface area contributed by atoms with Crippen LogP contribution in [0.15, 0.2) is 47.1 Å². The molecule has 132 valence electrons. The van der Waals surface area contributed by atoms with E-state index in [0.29, 0.717) is 35.6 Å². The van der Waals surface area contributed by atoms with E-state index in [2.05, 4.69) is 10.4 Å². The van der Waals surface area contributed by atoms with E-state index < -0.39 is 6.10 Å². The van der Waals surface area contributed by atoms with Gasteiger partial charge in [0.15, 0.2) is 0 Å². The highest BCUT2D eigenvalue weighted by atomic mass is 35.5. The Morgan fingerprint density at radius 2 is 2.00 bits per heavy atom. The molecule has 2 aromatic heterocycles. The van der Waals surface area contributed by atoms with E-state index >= 15 is 0 Å². The van der Waals surface area contributed by atoms with E-state index in [1.807, 2.05) is 31.2 Å². The van der Waals surface area contributed by atoms with Gasteiger partial charge in [-0.15, -0.1) is 0 Å². The molecule has 0 saturated carbocycles. The van der Waals surface area contributed by atoms with Gasteiger partial charge in [-0.2, -0.15) is 5.10 Å². The van der Waals surface area contributed by atoms with Gasteiger partial charge in [0.25, 0.3) is 0 Å². The Balaban J connectivity index is 1.62. The topological polar surface area (TPSA) is 63.2 Å². The van der Waals surface area contributed by atoms with E-state index in [9.17, 15) is 5.11 Å². The number of nitrogens with zero attached hydrogens (tertiary/aromatic N) is 2. The number of furan rings is 1. The fraction of sp³-hybridized carbons (Fsp3) is 0.278. The maximum Gasteiger partial charge on any atom is 0.133 e. The molecule has 2 N–H and O–H groups in total. The molecule has 3 rings (SSSR count). The van der Waals surface area contributed by atoms with Crippen molar-refractivity contribution < 1.29 is 9.52 Å². The van der Waals surface area contributed by atoms with Crippen molar-refractivity contribution >= 4 is 23.2 Å². The molecular formula is C18H19Cl2N3O2. The van der Waals surface area contributed by atoms with Crippen molar-refractivity contribution in [1.29, 1.82) is 0 Å². The van der Waals surface area contributed by atoms with Crippen LogP contribution in [0.1, 0.15) is 28.7 Å². The molecule has 1 unspecified atom stereocenters. The average Bonchev–Trinajstić information content (AvgIpc) is 3.21. The molecule has 1 aromatic carbocycles. The number of hydrogen-bond donors (Lipinski definition) is 2.